The van der Waals surface area contributed by atoms with Gasteiger partial charge in [-0.25, -0.2) is 17.9 Å². The number of carboxylic acids is 1. The van der Waals surface area contributed by atoms with E-state index in [1.165, 1.54) is 12.1 Å². The summed E-state index contributed by atoms with van der Waals surface area (Å²) in [7, 11) is -3.82. The molecular formula is C13H15N3O4S2. The van der Waals surface area contributed by atoms with Gasteiger partial charge in [-0.1, -0.05) is 4.49 Å². The third-order valence-corrected chi connectivity index (χ3v) is 5.68. The summed E-state index contributed by atoms with van der Waals surface area (Å²) in [5.74, 6) is -1.16. The Morgan fingerprint density at radius 2 is 2.00 bits per heavy atom. The molecule has 7 nitrogen and oxygen atoms in total. The molecule has 9 heteroatoms. The van der Waals surface area contributed by atoms with Gasteiger partial charge < -0.3 is 5.11 Å². The van der Waals surface area contributed by atoms with Crippen LogP contribution in [0.3, 0.4) is 0 Å². The average Bonchev–Trinajstić information content (AvgIpc) is 2.84. The lowest BCUT2D eigenvalue weighted by Gasteiger charge is -2.12. The second-order valence-electron chi connectivity index (χ2n) is 4.83. The van der Waals surface area contributed by atoms with Crippen LogP contribution in [0.15, 0.2) is 17.0 Å². The van der Waals surface area contributed by atoms with Crippen LogP contribution in [-0.2, 0) is 16.6 Å². The van der Waals surface area contributed by atoms with Gasteiger partial charge in [-0.05, 0) is 55.6 Å². The fraction of sp³-hybridized carbons (Fsp3) is 0.308. The summed E-state index contributed by atoms with van der Waals surface area (Å²) < 4.78 is 31.1. The number of carboxylic acid groups (broad SMARTS) is 1. The minimum atomic E-state index is -3.82. The number of nitrogens with one attached hydrogen (secondary N) is 1. The quantitative estimate of drug-likeness (QED) is 0.855. The Morgan fingerprint density at radius 1 is 1.32 bits per heavy atom. The van der Waals surface area contributed by atoms with Crippen molar-refractivity contribution in [3.8, 4) is 0 Å². The van der Waals surface area contributed by atoms with Crippen LogP contribution in [0.4, 0.5) is 0 Å². The third kappa shape index (κ3) is 3.32. The highest BCUT2D eigenvalue weighted by Gasteiger charge is 2.21. The molecule has 0 unspecified atom stereocenters. The van der Waals surface area contributed by atoms with Crippen molar-refractivity contribution in [2.45, 2.75) is 32.2 Å². The molecule has 0 aliphatic rings. The van der Waals surface area contributed by atoms with Crippen molar-refractivity contribution >= 4 is 27.5 Å². The van der Waals surface area contributed by atoms with Gasteiger partial charge in [-0.15, -0.1) is 5.10 Å². The Kier molecular flexibility index (Phi) is 4.59. The van der Waals surface area contributed by atoms with Gasteiger partial charge in [-0.2, -0.15) is 0 Å². The van der Waals surface area contributed by atoms with E-state index in [4.69, 9.17) is 5.11 Å². The maximum atomic E-state index is 12.4. The Labute approximate surface area is 132 Å². The van der Waals surface area contributed by atoms with Crippen molar-refractivity contribution in [3.05, 3.63) is 39.4 Å². The maximum Gasteiger partial charge on any atom is 0.335 e. The summed E-state index contributed by atoms with van der Waals surface area (Å²) in [5, 5.41) is 12.9. The van der Waals surface area contributed by atoms with Crippen LogP contribution in [-0.4, -0.2) is 29.1 Å². The monoisotopic (exact) mass is 341 g/mol. The fourth-order valence-electron chi connectivity index (χ4n) is 1.88. The van der Waals surface area contributed by atoms with Gasteiger partial charge in [0, 0.05) is 6.54 Å². The molecule has 2 rings (SSSR count). The van der Waals surface area contributed by atoms with Gasteiger partial charge in [0.2, 0.25) is 10.0 Å². The van der Waals surface area contributed by atoms with Gasteiger partial charge in [-0.3, -0.25) is 0 Å². The van der Waals surface area contributed by atoms with Crippen molar-refractivity contribution in [2.24, 2.45) is 0 Å². The summed E-state index contributed by atoms with van der Waals surface area (Å²) in [6.45, 7) is 5.14. The van der Waals surface area contributed by atoms with E-state index in [-0.39, 0.29) is 17.0 Å². The van der Waals surface area contributed by atoms with E-state index in [2.05, 4.69) is 14.3 Å². The number of nitrogens with zero attached hydrogens (tertiary/aromatic N) is 2. The van der Waals surface area contributed by atoms with Gasteiger partial charge in [0.05, 0.1) is 21.0 Å². The summed E-state index contributed by atoms with van der Waals surface area (Å²) >= 11 is 1.12. The fourth-order valence-corrected chi connectivity index (χ4v) is 3.88. The summed E-state index contributed by atoms with van der Waals surface area (Å²) in [4.78, 5) is 11.8. The highest BCUT2D eigenvalue weighted by molar-refractivity contribution is 7.89. The normalized spacial score (nSPS) is 11.6. The molecule has 0 aliphatic carbocycles. The predicted molar refractivity (Wildman–Crippen MR) is 81.5 cm³/mol. The van der Waals surface area contributed by atoms with Gasteiger partial charge in [0.1, 0.15) is 0 Å². The van der Waals surface area contributed by atoms with Crippen LogP contribution in [0.5, 0.6) is 0 Å². The zero-order valence-electron chi connectivity index (χ0n) is 12.2. The molecule has 0 amide bonds. The number of aromatic carboxylic acids is 1. The molecule has 22 heavy (non-hydrogen) atoms. The second-order valence-corrected chi connectivity index (χ2v) is 7.40. The zero-order valence-corrected chi connectivity index (χ0v) is 13.9. The summed E-state index contributed by atoms with van der Waals surface area (Å²) in [6.07, 6.45) is 0. The van der Waals surface area contributed by atoms with Crippen molar-refractivity contribution in [2.75, 3.05) is 0 Å². The molecule has 0 spiro atoms. The molecule has 0 saturated carbocycles. The van der Waals surface area contributed by atoms with Crippen LogP contribution in [0.1, 0.15) is 32.1 Å². The van der Waals surface area contributed by atoms with E-state index in [1.807, 2.05) is 0 Å². The third-order valence-electron chi connectivity index (χ3n) is 3.32. The first kappa shape index (κ1) is 16.5. The van der Waals surface area contributed by atoms with Crippen molar-refractivity contribution in [1.29, 1.82) is 0 Å². The number of benzene rings is 1. The van der Waals surface area contributed by atoms with Gasteiger partial charge >= 0.3 is 5.97 Å². The lowest BCUT2D eigenvalue weighted by atomic mass is 10.1. The Bertz CT molecular complexity index is 828. The predicted octanol–water partition coefficient (Wildman–Crippen LogP) is 1.64. The van der Waals surface area contributed by atoms with E-state index in [9.17, 15) is 13.2 Å². The molecule has 1 aromatic carbocycles. The number of aromatic nitrogens is 2. The van der Waals surface area contributed by atoms with Crippen molar-refractivity contribution in [3.63, 3.8) is 0 Å². The molecule has 1 heterocycles. The molecule has 0 bridgehead atoms. The zero-order chi connectivity index (χ0) is 16.5. The Balaban J connectivity index is 2.37. The second kappa shape index (κ2) is 6.11. The number of hydrogen-bond donors (Lipinski definition) is 2. The number of rotatable bonds is 5. The van der Waals surface area contributed by atoms with Crippen molar-refractivity contribution < 1.29 is 18.3 Å². The van der Waals surface area contributed by atoms with E-state index in [0.29, 0.717) is 21.7 Å². The topological polar surface area (TPSA) is 109 Å². The van der Waals surface area contributed by atoms with Crippen LogP contribution < -0.4 is 4.72 Å². The molecule has 0 fully saturated rings. The van der Waals surface area contributed by atoms with E-state index < -0.39 is 16.0 Å². The first-order valence-electron chi connectivity index (χ1n) is 6.34. The van der Waals surface area contributed by atoms with Crippen LogP contribution in [0.2, 0.25) is 0 Å². The highest BCUT2D eigenvalue weighted by Crippen LogP contribution is 2.22. The minimum absolute atomic E-state index is 0.0278. The lowest BCUT2D eigenvalue weighted by Crippen LogP contribution is -2.24. The molecule has 118 valence electrons. The van der Waals surface area contributed by atoms with E-state index in [0.717, 1.165) is 11.5 Å². The number of aryl methyl sites for hydroxylation is 2. The lowest BCUT2D eigenvalue weighted by molar-refractivity contribution is 0.0696. The number of carbonyl (C=O) groups is 1. The smallest absolute Gasteiger partial charge is 0.335 e. The highest BCUT2D eigenvalue weighted by atomic mass is 32.2. The van der Waals surface area contributed by atoms with Crippen molar-refractivity contribution in [1.82, 2.24) is 14.3 Å². The first-order valence-corrected chi connectivity index (χ1v) is 8.60. The molecule has 0 aliphatic heterocycles. The van der Waals surface area contributed by atoms with Gasteiger partial charge in [0.25, 0.3) is 0 Å². The molecular weight excluding hydrogens is 326 g/mol. The van der Waals surface area contributed by atoms with Crippen LogP contribution in [0.25, 0.3) is 0 Å². The first-order chi connectivity index (χ1) is 10.2. The maximum absolute atomic E-state index is 12.4. The molecule has 0 saturated heterocycles. The summed E-state index contributed by atoms with van der Waals surface area (Å²) in [6, 6.07) is 2.62. The molecule has 0 radical (unpaired) electrons. The van der Waals surface area contributed by atoms with Crippen LogP contribution >= 0.6 is 11.5 Å². The van der Waals surface area contributed by atoms with Crippen LogP contribution in [0, 0.1) is 20.8 Å². The molecule has 2 N–H and O–H groups in total. The largest absolute Gasteiger partial charge is 0.478 e. The van der Waals surface area contributed by atoms with E-state index in [1.54, 1.807) is 20.8 Å². The number of sulfonamides is 1. The minimum Gasteiger partial charge on any atom is -0.478 e. The Morgan fingerprint density at radius 3 is 2.55 bits per heavy atom. The standard InChI is InChI=1S/C13H15N3O4S2/c1-7-4-10(13(17)18)5-12(8(7)2)22(19,20)14-6-11-9(3)15-16-21-11/h4-5,14H,6H2,1-3H3,(H,17,18). The summed E-state index contributed by atoms with van der Waals surface area (Å²) in [5.41, 5.74) is 1.74. The SMILES string of the molecule is Cc1cc(C(=O)O)cc(S(=O)(=O)NCc2snnc2C)c1C. The van der Waals surface area contributed by atoms with Gasteiger partial charge in [0.15, 0.2) is 0 Å². The molecule has 0 atom stereocenters. The molecule has 2 aromatic rings. The Hall–Kier alpha value is -1.84. The molecule has 1 aromatic heterocycles. The average molecular weight is 341 g/mol. The number of hydrogen-bond acceptors (Lipinski definition) is 6. The van der Waals surface area contributed by atoms with E-state index >= 15 is 0 Å².